The van der Waals surface area contributed by atoms with E-state index < -0.39 is 0 Å². The van der Waals surface area contributed by atoms with Gasteiger partial charge in [-0.3, -0.25) is 0 Å². The summed E-state index contributed by atoms with van der Waals surface area (Å²) >= 11 is 0. The molecule has 0 saturated heterocycles. The van der Waals surface area contributed by atoms with Crippen molar-refractivity contribution in [1.29, 1.82) is 0 Å². The second-order valence-corrected chi connectivity index (χ2v) is 0.224. The molecular weight excluding hydrogens is 107 g/mol. The Morgan fingerprint density at radius 3 is 1.50 bits per heavy atom. The largest absolute Gasteiger partial charge is 1.00 e. The van der Waals surface area contributed by atoms with Crippen LogP contribution < -0.4 is 51.4 Å². The Morgan fingerprint density at radius 2 is 1.50 bits per heavy atom. The minimum atomic E-state index is 0. The van der Waals surface area contributed by atoms with Gasteiger partial charge in [0.1, 0.15) is 0 Å². The molecule has 0 radical (unpaired) electrons. The van der Waals surface area contributed by atoms with Crippen molar-refractivity contribution in [3.8, 4) is 0 Å². The van der Waals surface area contributed by atoms with Crippen molar-refractivity contribution in [2.45, 2.75) is 0 Å². The molecule has 0 aliphatic heterocycles. The van der Waals surface area contributed by atoms with Gasteiger partial charge in [0.2, 0.25) is 0 Å². The van der Waals surface area contributed by atoms with E-state index in [9.17, 15) is 0 Å². The van der Waals surface area contributed by atoms with Gasteiger partial charge in [-0.15, -0.1) is 0 Å². The van der Waals surface area contributed by atoms with E-state index in [1.807, 2.05) is 0 Å². The molecule has 0 amide bonds. The third-order valence-electron chi connectivity index (χ3n) is 0. The SMILES string of the molecule is CO.[CH2-]CO.[K+]. The monoisotopic (exact) mass is 116 g/mol. The molecule has 0 rings (SSSR count). The first kappa shape index (κ1) is 15.6. The van der Waals surface area contributed by atoms with Gasteiger partial charge in [-0.25, -0.2) is 0 Å². The second-order valence-electron chi connectivity index (χ2n) is 0.224. The van der Waals surface area contributed by atoms with Gasteiger partial charge < -0.3 is 17.1 Å². The average molecular weight is 116 g/mol. The molecule has 0 aromatic rings. The van der Waals surface area contributed by atoms with Crippen molar-refractivity contribution < 1.29 is 61.6 Å². The molecule has 0 spiro atoms. The Balaban J connectivity index is -0.0000000275. The van der Waals surface area contributed by atoms with Gasteiger partial charge in [0.15, 0.2) is 0 Å². The van der Waals surface area contributed by atoms with Gasteiger partial charge in [0.05, 0.1) is 0 Å². The zero-order chi connectivity index (χ0) is 4.71. The zero-order valence-electron chi connectivity index (χ0n) is 4.31. The Bertz CT molecular complexity index is 8.75. The molecule has 0 bridgehead atoms. The Kier molecular flexibility index (Phi) is 80.8. The van der Waals surface area contributed by atoms with Gasteiger partial charge in [-0.2, -0.15) is 0 Å². The first-order valence-electron chi connectivity index (χ1n) is 1.26. The molecule has 2 nitrogen and oxygen atoms in total. The van der Waals surface area contributed by atoms with Gasteiger partial charge in [0.25, 0.3) is 0 Å². The topological polar surface area (TPSA) is 40.5 Å². The minimum absolute atomic E-state index is 0. The van der Waals surface area contributed by atoms with Crippen LogP contribution in [-0.2, 0) is 0 Å². The summed E-state index contributed by atoms with van der Waals surface area (Å²) in [5.41, 5.74) is 0. The van der Waals surface area contributed by atoms with Crippen LogP contribution in [0, 0.1) is 6.92 Å². The molecule has 0 aliphatic carbocycles. The predicted molar refractivity (Wildman–Crippen MR) is 20.6 cm³/mol. The molecule has 3 heteroatoms. The number of aliphatic hydroxyl groups excluding tert-OH is 2. The molecule has 0 aliphatic rings. The number of hydrogen-bond acceptors (Lipinski definition) is 2. The molecule has 0 heterocycles. The van der Waals surface area contributed by atoms with Crippen molar-refractivity contribution in [2.24, 2.45) is 0 Å². The molecule has 0 saturated carbocycles. The summed E-state index contributed by atoms with van der Waals surface area (Å²) in [5, 5.41) is 14.5. The summed E-state index contributed by atoms with van der Waals surface area (Å²) in [6.07, 6.45) is 0. The molecule has 0 unspecified atom stereocenters. The number of rotatable bonds is 0. The molecule has 0 aromatic heterocycles. The molecule has 2 N–H and O–H groups in total. The zero-order valence-corrected chi connectivity index (χ0v) is 7.43. The third kappa shape index (κ3) is 47.6. The molecule has 34 valence electrons. The van der Waals surface area contributed by atoms with Crippen LogP contribution in [0.1, 0.15) is 0 Å². The van der Waals surface area contributed by atoms with Crippen molar-refractivity contribution in [1.82, 2.24) is 0 Å². The smallest absolute Gasteiger partial charge is 0.428 e. The van der Waals surface area contributed by atoms with E-state index in [-0.39, 0.29) is 58.0 Å². The van der Waals surface area contributed by atoms with Crippen molar-refractivity contribution in [2.75, 3.05) is 13.7 Å². The van der Waals surface area contributed by atoms with Crippen LogP contribution in [0.3, 0.4) is 0 Å². The first-order chi connectivity index (χ1) is 2.41. The van der Waals surface area contributed by atoms with Crippen molar-refractivity contribution in [3.63, 3.8) is 0 Å². The summed E-state index contributed by atoms with van der Waals surface area (Å²) in [7, 11) is 1.00. The standard InChI is InChI=1S/C2H5O.CH4O.K/c1-2-3;1-2;/h3H,1-2H2;2H,1H3;/q-1;;+1. The maximum absolute atomic E-state index is 7.46. The first-order valence-corrected chi connectivity index (χ1v) is 1.26. The molecule has 0 atom stereocenters. The van der Waals surface area contributed by atoms with E-state index in [0.29, 0.717) is 0 Å². The van der Waals surface area contributed by atoms with Crippen LogP contribution in [0.2, 0.25) is 0 Å². The Hall–Kier alpha value is 1.56. The Labute approximate surface area is 81.0 Å². The summed E-state index contributed by atoms with van der Waals surface area (Å²) in [6.45, 7) is 3.04. The maximum atomic E-state index is 7.46. The summed E-state index contributed by atoms with van der Waals surface area (Å²) < 4.78 is 0. The average Bonchev–Trinajstić information content (AvgIpc) is 1.46. The van der Waals surface area contributed by atoms with E-state index in [1.165, 1.54) is 0 Å². The van der Waals surface area contributed by atoms with Gasteiger partial charge >= 0.3 is 51.4 Å². The summed E-state index contributed by atoms with van der Waals surface area (Å²) in [5.74, 6) is 0. The minimum Gasteiger partial charge on any atom is -0.428 e. The second kappa shape index (κ2) is 31.0. The van der Waals surface area contributed by atoms with Crippen LogP contribution in [0.4, 0.5) is 0 Å². The summed E-state index contributed by atoms with van der Waals surface area (Å²) in [6, 6.07) is 0. The van der Waals surface area contributed by atoms with E-state index in [2.05, 4.69) is 6.92 Å². The van der Waals surface area contributed by atoms with E-state index in [4.69, 9.17) is 10.2 Å². The fourth-order valence-corrected chi connectivity index (χ4v) is 0. The Morgan fingerprint density at radius 1 is 1.50 bits per heavy atom. The quantitative estimate of drug-likeness (QED) is 0.254. The predicted octanol–water partition coefficient (Wildman–Crippen LogP) is -3.57. The fourth-order valence-electron chi connectivity index (χ4n) is 0. The number of aliphatic hydroxyl groups is 2. The van der Waals surface area contributed by atoms with E-state index in [0.717, 1.165) is 7.11 Å². The molecular formula is C3H9KO2. The van der Waals surface area contributed by atoms with Gasteiger partial charge in [0, 0.05) is 7.11 Å². The van der Waals surface area contributed by atoms with E-state index in [1.54, 1.807) is 0 Å². The van der Waals surface area contributed by atoms with Crippen LogP contribution in [0.5, 0.6) is 0 Å². The van der Waals surface area contributed by atoms with Crippen LogP contribution in [-0.4, -0.2) is 23.9 Å². The fraction of sp³-hybridized carbons (Fsp3) is 0.667. The van der Waals surface area contributed by atoms with Crippen LogP contribution in [0.15, 0.2) is 0 Å². The normalized spacial score (nSPS) is 4.00. The molecule has 0 aromatic carbocycles. The molecule has 6 heavy (non-hydrogen) atoms. The summed E-state index contributed by atoms with van der Waals surface area (Å²) in [4.78, 5) is 0. The van der Waals surface area contributed by atoms with Gasteiger partial charge in [-0.05, 0) is 0 Å². The number of hydrogen-bond donors (Lipinski definition) is 2. The van der Waals surface area contributed by atoms with Gasteiger partial charge in [-0.1, -0.05) is 6.61 Å². The van der Waals surface area contributed by atoms with E-state index >= 15 is 0 Å². The van der Waals surface area contributed by atoms with Crippen molar-refractivity contribution >= 4 is 0 Å². The maximum Gasteiger partial charge on any atom is 1.00 e. The third-order valence-corrected chi connectivity index (χ3v) is 0. The van der Waals surface area contributed by atoms with Crippen molar-refractivity contribution in [3.05, 3.63) is 6.92 Å². The molecule has 0 fully saturated rings. The van der Waals surface area contributed by atoms with Crippen LogP contribution in [0.25, 0.3) is 0 Å². The van der Waals surface area contributed by atoms with Crippen LogP contribution >= 0.6 is 0 Å².